The van der Waals surface area contributed by atoms with Gasteiger partial charge in [0, 0.05) is 30.6 Å². The highest BCUT2D eigenvalue weighted by atomic mass is 35.5. The van der Waals surface area contributed by atoms with Crippen molar-refractivity contribution < 1.29 is 0 Å². The fourth-order valence-corrected chi connectivity index (χ4v) is 3.08. The Balaban J connectivity index is 1.79. The van der Waals surface area contributed by atoms with Gasteiger partial charge in [-0.2, -0.15) is 0 Å². The molecule has 1 aromatic heterocycles. The second kappa shape index (κ2) is 5.84. The summed E-state index contributed by atoms with van der Waals surface area (Å²) >= 11 is 5.96. The SMILES string of the molecule is Cc1cc(CCl)cc(N2CCC(c3ccccc3)C2)n1. The third-order valence-corrected chi connectivity index (χ3v) is 4.25. The fraction of sp³-hybridized carbons (Fsp3) is 0.353. The molecular formula is C17H19ClN2. The third-order valence-electron chi connectivity index (χ3n) is 3.94. The van der Waals surface area contributed by atoms with Crippen LogP contribution in [0.5, 0.6) is 0 Å². The van der Waals surface area contributed by atoms with Gasteiger partial charge in [-0.15, -0.1) is 11.6 Å². The molecule has 20 heavy (non-hydrogen) atoms. The molecule has 0 aliphatic carbocycles. The average molecular weight is 287 g/mol. The predicted octanol–water partition coefficient (Wildman–Crippen LogP) is 4.12. The van der Waals surface area contributed by atoms with Crippen molar-refractivity contribution in [3.05, 3.63) is 59.3 Å². The summed E-state index contributed by atoms with van der Waals surface area (Å²) in [6, 6.07) is 14.9. The van der Waals surface area contributed by atoms with E-state index >= 15 is 0 Å². The fourth-order valence-electron chi connectivity index (χ4n) is 2.93. The van der Waals surface area contributed by atoms with E-state index in [0.717, 1.165) is 30.2 Å². The molecule has 0 amide bonds. The second-order valence-corrected chi connectivity index (χ2v) is 5.72. The van der Waals surface area contributed by atoms with E-state index < -0.39 is 0 Å². The molecule has 3 rings (SSSR count). The van der Waals surface area contributed by atoms with E-state index in [-0.39, 0.29) is 0 Å². The Morgan fingerprint density at radius 3 is 2.80 bits per heavy atom. The number of alkyl halides is 1. The summed E-state index contributed by atoms with van der Waals surface area (Å²) in [5.41, 5.74) is 3.62. The molecule has 1 aliphatic heterocycles. The molecule has 0 radical (unpaired) electrons. The number of anilines is 1. The Morgan fingerprint density at radius 1 is 1.25 bits per heavy atom. The van der Waals surface area contributed by atoms with Gasteiger partial charge in [-0.25, -0.2) is 4.98 Å². The van der Waals surface area contributed by atoms with Gasteiger partial charge in [0.05, 0.1) is 0 Å². The zero-order chi connectivity index (χ0) is 13.9. The van der Waals surface area contributed by atoms with Crippen molar-refractivity contribution in [1.29, 1.82) is 0 Å². The minimum atomic E-state index is 0.548. The topological polar surface area (TPSA) is 16.1 Å². The molecule has 1 atom stereocenters. The maximum atomic E-state index is 5.96. The number of aryl methyl sites for hydroxylation is 1. The maximum absolute atomic E-state index is 5.96. The van der Waals surface area contributed by atoms with E-state index in [4.69, 9.17) is 11.6 Å². The predicted molar refractivity (Wildman–Crippen MR) is 84.5 cm³/mol. The van der Waals surface area contributed by atoms with Crippen molar-refractivity contribution in [1.82, 2.24) is 4.98 Å². The van der Waals surface area contributed by atoms with Crippen molar-refractivity contribution >= 4 is 17.4 Å². The van der Waals surface area contributed by atoms with Crippen molar-refractivity contribution in [2.24, 2.45) is 0 Å². The molecule has 1 saturated heterocycles. The zero-order valence-electron chi connectivity index (χ0n) is 11.7. The molecule has 1 aliphatic rings. The van der Waals surface area contributed by atoms with Crippen molar-refractivity contribution in [3.63, 3.8) is 0 Å². The smallest absolute Gasteiger partial charge is 0.129 e. The van der Waals surface area contributed by atoms with E-state index in [2.05, 4.69) is 52.3 Å². The van der Waals surface area contributed by atoms with Crippen LogP contribution in [0, 0.1) is 6.92 Å². The number of hydrogen-bond donors (Lipinski definition) is 0. The molecule has 3 heteroatoms. The lowest BCUT2D eigenvalue weighted by Crippen LogP contribution is -2.20. The molecule has 1 fully saturated rings. The van der Waals surface area contributed by atoms with Crippen molar-refractivity contribution in [2.75, 3.05) is 18.0 Å². The van der Waals surface area contributed by atoms with Gasteiger partial charge in [0.1, 0.15) is 5.82 Å². The minimum absolute atomic E-state index is 0.548. The van der Waals surface area contributed by atoms with Crippen LogP contribution in [0.2, 0.25) is 0 Å². The summed E-state index contributed by atoms with van der Waals surface area (Å²) in [5.74, 6) is 2.23. The molecule has 2 nitrogen and oxygen atoms in total. The standard InChI is InChI=1S/C17H19ClN2/c1-13-9-14(11-18)10-17(19-13)20-8-7-16(12-20)15-5-3-2-4-6-15/h2-6,9-10,16H,7-8,11-12H2,1H3. The Labute approximate surface area is 125 Å². The second-order valence-electron chi connectivity index (χ2n) is 5.45. The van der Waals surface area contributed by atoms with E-state index in [9.17, 15) is 0 Å². The molecule has 0 spiro atoms. The summed E-state index contributed by atoms with van der Waals surface area (Å²) in [6.45, 7) is 4.14. The first kappa shape index (κ1) is 13.4. The summed E-state index contributed by atoms with van der Waals surface area (Å²) in [6.07, 6.45) is 1.19. The number of pyridine rings is 1. The van der Waals surface area contributed by atoms with Crippen LogP contribution in [-0.2, 0) is 5.88 Å². The first-order chi connectivity index (χ1) is 9.76. The number of benzene rings is 1. The van der Waals surface area contributed by atoms with E-state index in [1.165, 1.54) is 12.0 Å². The van der Waals surface area contributed by atoms with Gasteiger partial charge in [-0.3, -0.25) is 0 Å². The van der Waals surface area contributed by atoms with Gasteiger partial charge in [-0.05, 0) is 36.6 Å². The summed E-state index contributed by atoms with van der Waals surface area (Å²) in [7, 11) is 0. The van der Waals surface area contributed by atoms with Crippen LogP contribution in [0.25, 0.3) is 0 Å². The number of hydrogen-bond acceptors (Lipinski definition) is 2. The van der Waals surface area contributed by atoms with Crippen molar-refractivity contribution in [2.45, 2.75) is 25.1 Å². The largest absolute Gasteiger partial charge is 0.356 e. The summed E-state index contributed by atoms with van der Waals surface area (Å²) in [4.78, 5) is 7.03. The Morgan fingerprint density at radius 2 is 2.05 bits per heavy atom. The normalized spacial score (nSPS) is 18.5. The lowest BCUT2D eigenvalue weighted by atomic mass is 9.99. The van der Waals surface area contributed by atoms with Crippen LogP contribution in [0.4, 0.5) is 5.82 Å². The Bertz CT molecular complexity index is 583. The highest BCUT2D eigenvalue weighted by Crippen LogP contribution is 2.30. The Hall–Kier alpha value is -1.54. The maximum Gasteiger partial charge on any atom is 0.129 e. The van der Waals surface area contributed by atoms with Gasteiger partial charge < -0.3 is 4.90 Å². The quantitative estimate of drug-likeness (QED) is 0.789. The molecular weight excluding hydrogens is 268 g/mol. The van der Waals surface area contributed by atoms with Gasteiger partial charge in [-0.1, -0.05) is 30.3 Å². The first-order valence-electron chi connectivity index (χ1n) is 7.09. The van der Waals surface area contributed by atoms with Crippen LogP contribution in [0.3, 0.4) is 0 Å². The molecule has 0 saturated carbocycles. The lowest BCUT2D eigenvalue weighted by molar-refractivity contribution is 0.774. The van der Waals surface area contributed by atoms with Crippen LogP contribution in [0.15, 0.2) is 42.5 Å². The van der Waals surface area contributed by atoms with E-state index in [1.54, 1.807) is 0 Å². The summed E-state index contributed by atoms with van der Waals surface area (Å²) in [5, 5.41) is 0. The molecule has 1 unspecified atom stereocenters. The first-order valence-corrected chi connectivity index (χ1v) is 7.63. The van der Waals surface area contributed by atoms with Gasteiger partial charge >= 0.3 is 0 Å². The minimum Gasteiger partial charge on any atom is -0.356 e. The third kappa shape index (κ3) is 2.80. The van der Waals surface area contributed by atoms with Crippen LogP contribution < -0.4 is 4.90 Å². The van der Waals surface area contributed by atoms with E-state index in [1.807, 2.05) is 6.92 Å². The molecule has 2 aromatic rings. The average Bonchev–Trinajstić information content (AvgIpc) is 2.97. The number of rotatable bonds is 3. The molecule has 1 aromatic carbocycles. The van der Waals surface area contributed by atoms with Crippen molar-refractivity contribution in [3.8, 4) is 0 Å². The number of halogens is 1. The van der Waals surface area contributed by atoms with Gasteiger partial charge in [0.15, 0.2) is 0 Å². The summed E-state index contributed by atoms with van der Waals surface area (Å²) < 4.78 is 0. The van der Waals surface area contributed by atoms with Crippen LogP contribution >= 0.6 is 11.6 Å². The van der Waals surface area contributed by atoms with Gasteiger partial charge in [0.2, 0.25) is 0 Å². The lowest BCUT2D eigenvalue weighted by Gasteiger charge is -2.19. The molecule has 2 heterocycles. The molecule has 0 bridgehead atoms. The van der Waals surface area contributed by atoms with E-state index in [0.29, 0.717) is 11.8 Å². The number of nitrogens with zero attached hydrogens (tertiary/aromatic N) is 2. The zero-order valence-corrected chi connectivity index (χ0v) is 12.5. The van der Waals surface area contributed by atoms with Crippen LogP contribution in [-0.4, -0.2) is 18.1 Å². The molecule has 104 valence electrons. The van der Waals surface area contributed by atoms with Crippen LogP contribution in [0.1, 0.15) is 29.2 Å². The Kier molecular flexibility index (Phi) is 3.93. The molecule has 0 N–H and O–H groups in total. The number of aromatic nitrogens is 1. The monoisotopic (exact) mass is 286 g/mol. The van der Waals surface area contributed by atoms with Gasteiger partial charge in [0.25, 0.3) is 0 Å². The highest BCUT2D eigenvalue weighted by molar-refractivity contribution is 6.17. The highest BCUT2D eigenvalue weighted by Gasteiger charge is 2.24.